The molecule has 0 spiro atoms. The summed E-state index contributed by atoms with van der Waals surface area (Å²) in [6, 6.07) is 3.68. The number of ether oxygens (including phenoxy) is 1. The quantitative estimate of drug-likeness (QED) is 0.802. The molecule has 0 aliphatic carbocycles. The molecule has 0 saturated carbocycles. The van der Waals surface area contributed by atoms with Crippen molar-refractivity contribution in [2.75, 3.05) is 24.2 Å². The second kappa shape index (κ2) is 6.38. The smallest absolute Gasteiger partial charge is 0.328 e. The fourth-order valence-electron chi connectivity index (χ4n) is 1.31. The van der Waals surface area contributed by atoms with Crippen LogP contribution in [-0.4, -0.2) is 24.1 Å². The first kappa shape index (κ1) is 15.2. The number of nitrogens with zero attached hydrogens (tertiary/aromatic N) is 2. The molecule has 0 saturated heterocycles. The third-order valence-corrected chi connectivity index (χ3v) is 2.92. The van der Waals surface area contributed by atoms with Crippen LogP contribution in [0.1, 0.15) is 13.8 Å². The van der Waals surface area contributed by atoms with Crippen molar-refractivity contribution < 1.29 is 9.53 Å². The number of rotatable bonds is 5. The van der Waals surface area contributed by atoms with Crippen molar-refractivity contribution in [3.8, 4) is 6.07 Å². The Bertz CT molecular complexity index is 515. The fraction of sp³-hybridized carbons (Fsp3) is 0.417. The maximum absolute atomic E-state index is 11.7. The highest BCUT2D eigenvalue weighted by Gasteiger charge is 2.35. The highest BCUT2D eigenvalue weighted by Crippen LogP contribution is 2.24. The van der Waals surface area contributed by atoms with Gasteiger partial charge in [-0.05, 0) is 35.8 Å². The SMILES string of the molecule is CCOC(=O)[C@](C)(C#N)CNc1cc(Br)cnc1N. The number of esters is 1. The molecule has 1 heterocycles. The molecular formula is C12H15BrN4O2. The van der Waals surface area contributed by atoms with E-state index in [-0.39, 0.29) is 13.2 Å². The van der Waals surface area contributed by atoms with E-state index in [1.54, 1.807) is 19.2 Å². The highest BCUT2D eigenvalue weighted by atomic mass is 79.9. The summed E-state index contributed by atoms with van der Waals surface area (Å²) in [5.74, 6) is -0.265. The number of pyridine rings is 1. The summed E-state index contributed by atoms with van der Waals surface area (Å²) in [7, 11) is 0. The lowest BCUT2D eigenvalue weighted by Gasteiger charge is -2.20. The van der Waals surface area contributed by atoms with E-state index in [4.69, 9.17) is 15.7 Å². The standard InChI is InChI=1S/C12H15BrN4O2/c1-3-19-11(18)12(2,6-14)7-17-9-4-8(13)5-16-10(9)15/h4-5,17H,3,7H2,1-2H3,(H2,15,16)/t12-/m1/s1. The van der Waals surface area contributed by atoms with Crippen LogP contribution in [0.5, 0.6) is 0 Å². The van der Waals surface area contributed by atoms with E-state index in [0.29, 0.717) is 11.5 Å². The number of nitrogens with two attached hydrogens (primary N) is 1. The van der Waals surface area contributed by atoms with Gasteiger partial charge in [0.05, 0.1) is 18.4 Å². The van der Waals surface area contributed by atoms with E-state index in [9.17, 15) is 4.79 Å². The van der Waals surface area contributed by atoms with E-state index in [1.165, 1.54) is 6.92 Å². The minimum absolute atomic E-state index is 0.0880. The topological polar surface area (TPSA) is 101 Å². The Morgan fingerprint density at radius 2 is 2.42 bits per heavy atom. The van der Waals surface area contributed by atoms with Crippen LogP contribution in [0.3, 0.4) is 0 Å². The molecule has 0 aliphatic rings. The first-order valence-corrected chi connectivity index (χ1v) is 6.45. The van der Waals surface area contributed by atoms with Gasteiger partial charge in [0.15, 0.2) is 5.41 Å². The Morgan fingerprint density at radius 1 is 1.74 bits per heavy atom. The fourth-order valence-corrected chi connectivity index (χ4v) is 1.64. The second-order valence-corrected chi connectivity index (χ2v) is 5.02. The molecule has 3 N–H and O–H groups in total. The van der Waals surface area contributed by atoms with Crippen LogP contribution in [0.25, 0.3) is 0 Å². The van der Waals surface area contributed by atoms with Crippen LogP contribution in [0, 0.1) is 16.7 Å². The summed E-state index contributed by atoms with van der Waals surface area (Å²) in [6.45, 7) is 3.53. The largest absolute Gasteiger partial charge is 0.465 e. The van der Waals surface area contributed by atoms with Crippen molar-refractivity contribution in [2.45, 2.75) is 13.8 Å². The molecule has 0 fully saturated rings. The molecule has 0 radical (unpaired) electrons. The molecule has 19 heavy (non-hydrogen) atoms. The molecule has 1 aromatic rings. The van der Waals surface area contributed by atoms with Gasteiger partial charge in [0.2, 0.25) is 0 Å². The van der Waals surface area contributed by atoms with E-state index >= 15 is 0 Å². The Kier molecular flexibility index (Phi) is 5.12. The van der Waals surface area contributed by atoms with Crippen molar-refractivity contribution in [1.82, 2.24) is 4.98 Å². The van der Waals surface area contributed by atoms with E-state index in [0.717, 1.165) is 4.47 Å². The van der Waals surface area contributed by atoms with Crippen molar-refractivity contribution in [1.29, 1.82) is 5.26 Å². The summed E-state index contributed by atoms with van der Waals surface area (Å²) in [5, 5.41) is 12.1. The number of hydrogen-bond acceptors (Lipinski definition) is 6. The summed E-state index contributed by atoms with van der Waals surface area (Å²) in [5.41, 5.74) is 4.98. The van der Waals surface area contributed by atoms with Gasteiger partial charge in [-0.15, -0.1) is 0 Å². The lowest BCUT2D eigenvalue weighted by molar-refractivity contribution is -0.150. The predicted octanol–water partition coefficient (Wildman–Crippen LogP) is 1.93. The molecule has 7 heteroatoms. The Morgan fingerprint density at radius 3 is 3.00 bits per heavy atom. The van der Waals surface area contributed by atoms with Gasteiger partial charge in [-0.3, -0.25) is 4.79 Å². The Labute approximate surface area is 120 Å². The number of nitrogen functional groups attached to an aromatic ring is 1. The molecule has 1 rings (SSSR count). The predicted molar refractivity (Wildman–Crippen MR) is 75.2 cm³/mol. The van der Waals surface area contributed by atoms with Crippen LogP contribution in [0.4, 0.5) is 11.5 Å². The summed E-state index contributed by atoms with van der Waals surface area (Å²) < 4.78 is 5.63. The number of carbonyl (C=O) groups is 1. The van der Waals surface area contributed by atoms with Crippen molar-refractivity contribution in [3.63, 3.8) is 0 Å². The van der Waals surface area contributed by atoms with E-state index in [2.05, 4.69) is 26.2 Å². The first-order chi connectivity index (χ1) is 8.92. The number of carbonyl (C=O) groups excluding carboxylic acids is 1. The first-order valence-electron chi connectivity index (χ1n) is 5.66. The zero-order valence-electron chi connectivity index (χ0n) is 10.7. The maximum atomic E-state index is 11.7. The molecule has 0 amide bonds. The van der Waals surface area contributed by atoms with Crippen LogP contribution >= 0.6 is 15.9 Å². The van der Waals surface area contributed by atoms with E-state index in [1.807, 2.05) is 6.07 Å². The van der Waals surface area contributed by atoms with Crippen molar-refractivity contribution in [2.24, 2.45) is 5.41 Å². The average Bonchev–Trinajstić information content (AvgIpc) is 2.39. The molecule has 0 unspecified atom stereocenters. The Balaban J connectivity index is 2.81. The van der Waals surface area contributed by atoms with Crippen molar-refractivity contribution in [3.05, 3.63) is 16.7 Å². The third-order valence-electron chi connectivity index (χ3n) is 2.49. The van der Waals surface area contributed by atoms with Gasteiger partial charge in [-0.1, -0.05) is 0 Å². The summed E-state index contributed by atoms with van der Waals surface area (Å²) in [6.07, 6.45) is 1.56. The number of nitriles is 1. The normalized spacial score (nSPS) is 13.2. The lowest BCUT2D eigenvalue weighted by atomic mass is 9.93. The molecule has 1 atom stereocenters. The monoisotopic (exact) mass is 326 g/mol. The molecule has 0 bridgehead atoms. The van der Waals surface area contributed by atoms with E-state index < -0.39 is 11.4 Å². The molecule has 0 aromatic carbocycles. The van der Waals surface area contributed by atoms with Crippen molar-refractivity contribution >= 4 is 33.4 Å². The van der Waals surface area contributed by atoms with Gasteiger partial charge in [0, 0.05) is 17.2 Å². The second-order valence-electron chi connectivity index (χ2n) is 4.10. The lowest BCUT2D eigenvalue weighted by Crippen LogP contribution is -2.35. The molecular weight excluding hydrogens is 312 g/mol. The van der Waals surface area contributed by atoms with Gasteiger partial charge in [-0.25, -0.2) is 4.98 Å². The van der Waals surface area contributed by atoms with Crippen LogP contribution in [0.15, 0.2) is 16.7 Å². The highest BCUT2D eigenvalue weighted by molar-refractivity contribution is 9.10. The minimum atomic E-state index is -1.27. The average molecular weight is 327 g/mol. The van der Waals surface area contributed by atoms with Gasteiger partial charge in [0.1, 0.15) is 5.82 Å². The number of aromatic nitrogens is 1. The number of halogens is 1. The number of anilines is 2. The van der Waals surface area contributed by atoms with Gasteiger partial charge in [0.25, 0.3) is 0 Å². The van der Waals surface area contributed by atoms with Gasteiger partial charge >= 0.3 is 5.97 Å². The molecule has 1 aromatic heterocycles. The van der Waals surface area contributed by atoms with Crippen LogP contribution < -0.4 is 11.1 Å². The number of nitrogens with one attached hydrogen (secondary N) is 1. The van der Waals surface area contributed by atoms with Crippen LogP contribution in [0.2, 0.25) is 0 Å². The maximum Gasteiger partial charge on any atom is 0.328 e. The number of hydrogen-bond donors (Lipinski definition) is 2. The molecule has 102 valence electrons. The molecule has 0 aliphatic heterocycles. The molecule has 6 nitrogen and oxygen atoms in total. The van der Waals surface area contributed by atoms with Gasteiger partial charge in [-0.2, -0.15) is 5.26 Å². The Hall–Kier alpha value is -1.81. The summed E-state index contributed by atoms with van der Waals surface area (Å²) >= 11 is 3.27. The zero-order valence-corrected chi connectivity index (χ0v) is 12.3. The van der Waals surface area contributed by atoms with Gasteiger partial charge < -0.3 is 15.8 Å². The summed E-state index contributed by atoms with van der Waals surface area (Å²) in [4.78, 5) is 15.7. The zero-order chi connectivity index (χ0) is 14.5. The third kappa shape index (κ3) is 3.83. The minimum Gasteiger partial charge on any atom is -0.465 e. The van der Waals surface area contributed by atoms with Crippen LogP contribution in [-0.2, 0) is 9.53 Å².